The molecule has 98 valence electrons. The van der Waals surface area contributed by atoms with E-state index in [1.165, 1.54) is 5.56 Å². The lowest BCUT2D eigenvalue weighted by Crippen LogP contribution is -2.36. The second kappa shape index (κ2) is 5.85. The zero-order valence-corrected chi connectivity index (χ0v) is 10.9. The van der Waals surface area contributed by atoms with Crippen LogP contribution in [0.1, 0.15) is 17.5 Å². The number of halogens is 1. The van der Waals surface area contributed by atoms with Gasteiger partial charge in [-0.05, 0) is 31.0 Å². The molecule has 1 aliphatic rings. The van der Waals surface area contributed by atoms with Crippen LogP contribution >= 0.6 is 0 Å². The number of aliphatic imine (C=N–C) groups is 1. The van der Waals surface area contributed by atoms with Crippen LogP contribution in [0.3, 0.4) is 0 Å². The highest BCUT2D eigenvalue weighted by molar-refractivity contribution is 5.88. The molecule has 0 aliphatic carbocycles. The van der Waals surface area contributed by atoms with E-state index in [2.05, 4.69) is 10.3 Å². The van der Waals surface area contributed by atoms with Gasteiger partial charge in [-0.3, -0.25) is 9.38 Å². The van der Waals surface area contributed by atoms with Gasteiger partial charge in [-0.2, -0.15) is 0 Å². The summed E-state index contributed by atoms with van der Waals surface area (Å²) in [5, 5.41) is 3.15. The third-order valence-corrected chi connectivity index (χ3v) is 3.20. The minimum atomic E-state index is -0.407. The van der Waals surface area contributed by atoms with E-state index in [0.717, 1.165) is 30.2 Å². The molecule has 0 fully saturated rings. The van der Waals surface area contributed by atoms with Crippen molar-refractivity contribution in [1.82, 2.24) is 5.32 Å². The Bertz CT molecular complexity index is 445. The smallest absolute Gasteiger partial charge is 0.158 e. The van der Waals surface area contributed by atoms with Gasteiger partial charge < -0.3 is 10.1 Å². The molecule has 0 bridgehead atoms. The van der Waals surface area contributed by atoms with Crippen molar-refractivity contribution in [2.45, 2.75) is 26.4 Å². The van der Waals surface area contributed by atoms with Crippen LogP contribution in [0.4, 0.5) is 4.39 Å². The number of aryl methyl sites for hydroxylation is 1. The Morgan fingerprint density at radius 2 is 2.28 bits per heavy atom. The number of hydrogen-bond donors (Lipinski definition) is 1. The van der Waals surface area contributed by atoms with Crippen LogP contribution in [0.25, 0.3) is 0 Å². The van der Waals surface area contributed by atoms with Crippen LogP contribution in [0.5, 0.6) is 5.75 Å². The quantitative estimate of drug-likeness (QED) is 0.870. The van der Waals surface area contributed by atoms with Crippen molar-refractivity contribution < 1.29 is 9.13 Å². The molecule has 1 atom stereocenters. The van der Waals surface area contributed by atoms with Gasteiger partial charge in [0.25, 0.3) is 0 Å². The Kier molecular flexibility index (Phi) is 4.18. The highest BCUT2D eigenvalue weighted by atomic mass is 19.1. The van der Waals surface area contributed by atoms with Crippen molar-refractivity contribution in [3.05, 3.63) is 29.3 Å². The maximum Gasteiger partial charge on any atom is 0.158 e. The highest BCUT2D eigenvalue weighted by Gasteiger charge is 2.21. The second-order valence-electron chi connectivity index (χ2n) is 4.48. The van der Waals surface area contributed by atoms with Crippen LogP contribution in [0.15, 0.2) is 23.2 Å². The second-order valence-corrected chi connectivity index (χ2v) is 4.48. The first-order valence-electron chi connectivity index (χ1n) is 6.29. The van der Waals surface area contributed by atoms with E-state index in [9.17, 15) is 4.39 Å². The summed E-state index contributed by atoms with van der Waals surface area (Å²) in [6, 6.07) is 5.91. The summed E-state index contributed by atoms with van der Waals surface area (Å²) >= 11 is 0. The molecule has 2 rings (SSSR count). The fraction of sp³-hybridized carbons (Fsp3) is 0.500. The maximum absolute atomic E-state index is 12.6. The summed E-state index contributed by atoms with van der Waals surface area (Å²) in [6.45, 7) is 5.21. The summed E-state index contributed by atoms with van der Waals surface area (Å²) < 4.78 is 18.5. The lowest BCUT2D eigenvalue weighted by molar-refractivity contribution is 0.235. The van der Waals surface area contributed by atoms with Gasteiger partial charge in [0, 0.05) is 13.0 Å². The zero-order valence-electron chi connectivity index (χ0n) is 10.9. The molecule has 1 aliphatic heterocycles. The van der Waals surface area contributed by atoms with E-state index in [0.29, 0.717) is 6.42 Å². The molecule has 0 spiro atoms. The van der Waals surface area contributed by atoms with Gasteiger partial charge in [-0.25, -0.2) is 0 Å². The molecule has 4 heteroatoms. The average molecular weight is 250 g/mol. The van der Waals surface area contributed by atoms with E-state index >= 15 is 0 Å². The van der Waals surface area contributed by atoms with E-state index in [1.807, 2.05) is 32.0 Å². The lowest BCUT2D eigenvalue weighted by Gasteiger charge is -2.20. The van der Waals surface area contributed by atoms with Gasteiger partial charge in [0.1, 0.15) is 11.6 Å². The Balaban J connectivity index is 2.15. The molecule has 0 radical (unpaired) electrons. The number of ether oxygens (including phenoxy) is 1. The van der Waals surface area contributed by atoms with Crippen molar-refractivity contribution in [1.29, 1.82) is 0 Å². The van der Waals surface area contributed by atoms with E-state index in [1.54, 1.807) is 0 Å². The van der Waals surface area contributed by atoms with Crippen molar-refractivity contribution >= 4 is 5.84 Å². The zero-order chi connectivity index (χ0) is 13.0. The van der Waals surface area contributed by atoms with Crippen LogP contribution < -0.4 is 10.1 Å². The lowest BCUT2D eigenvalue weighted by atomic mass is 10.1. The summed E-state index contributed by atoms with van der Waals surface area (Å²) in [5.74, 6) is 1.58. The normalized spacial score (nSPS) is 16.1. The maximum atomic E-state index is 12.6. The minimum Gasteiger partial charge on any atom is -0.482 e. The number of alkyl halides is 1. The van der Waals surface area contributed by atoms with Crippen molar-refractivity contribution in [2.75, 3.05) is 19.8 Å². The topological polar surface area (TPSA) is 33.6 Å². The average Bonchev–Trinajstić information content (AvgIpc) is 2.88. The molecule has 1 N–H and O–H groups in total. The largest absolute Gasteiger partial charge is 0.482 e. The van der Waals surface area contributed by atoms with Crippen LogP contribution in [-0.4, -0.2) is 31.7 Å². The minimum absolute atomic E-state index is 0.307. The first-order valence-corrected chi connectivity index (χ1v) is 6.29. The van der Waals surface area contributed by atoms with Gasteiger partial charge in [0.05, 0.1) is 13.2 Å². The molecule has 0 saturated carbocycles. The number of amidine groups is 1. The van der Waals surface area contributed by atoms with Crippen LogP contribution in [-0.2, 0) is 0 Å². The van der Waals surface area contributed by atoms with Gasteiger partial charge in [-0.1, -0.05) is 12.1 Å². The molecule has 1 unspecified atom stereocenters. The standard InChI is InChI=1S/C14H19FN2O/c1-10-4-3-5-12(11(10)2)18-13(6-7-15)14-16-8-9-17-14/h3-5,13H,6-9H2,1-2H3,(H,16,17). The Morgan fingerprint density at radius 3 is 2.94 bits per heavy atom. The van der Waals surface area contributed by atoms with E-state index in [4.69, 9.17) is 4.74 Å². The molecular weight excluding hydrogens is 231 g/mol. The van der Waals surface area contributed by atoms with Crippen molar-refractivity contribution in [3.8, 4) is 5.75 Å². The number of hydrogen-bond acceptors (Lipinski definition) is 3. The predicted molar refractivity (Wildman–Crippen MR) is 71.2 cm³/mol. The SMILES string of the molecule is Cc1cccc(OC(CCF)C2=NCCN2)c1C. The molecule has 0 saturated heterocycles. The molecule has 0 amide bonds. The summed E-state index contributed by atoms with van der Waals surface area (Å²) in [7, 11) is 0. The van der Waals surface area contributed by atoms with Gasteiger partial charge in [0.15, 0.2) is 6.10 Å². The molecule has 0 aromatic heterocycles. The van der Waals surface area contributed by atoms with Crippen molar-refractivity contribution in [3.63, 3.8) is 0 Å². The molecule has 3 nitrogen and oxygen atoms in total. The molecule has 1 heterocycles. The number of nitrogens with one attached hydrogen (secondary N) is 1. The number of nitrogens with zero attached hydrogens (tertiary/aromatic N) is 1. The first kappa shape index (κ1) is 12.9. The Labute approximate surface area is 107 Å². The van der Waals surface area contributed by atoms with Crippen molar-refractivity contribution in [2.24, 2.45) is 4.99 Å². The molecule has 1 aromatic rings. The summed E-state index contributed by atoms with van der Waals surface area (Å²) in [4.78, 5) is 4.32. The predicted octanol–water partition coefficient (Wildman–Crippen LogP) is 2.41. The Morgan fingerprint density at radius 1 is 1.44 bits per heavy atom. The third-order valence-electron chi connectivity index (χ3n) is 3.20. The number of rotatable bonds is 5. The summed E-state index contributed by atoms with van der Waals surface area (Å²) in [6.07, 6.45) is 0.0251. The van der Waals surface area contributed by atoms with Gasteiger partial charge in [-0.15, -0.1) is 0 Å². The first-order chi connectivity index (χ1) is 8.72. The van der Waals surface area contributed by atoms with Gasteiger partial charge >= 0.3 is 0 Å². The molecular formula is C14H19FN2O. The fourth-order valence-electron chi connectivity index (χ4n) is 1.99. The molecule has 1 aromatic carbocycles. The van der Waals surface area contributed by atoms with Gasteiger partial charge in [0.2, 0.25) is 0 Å². The highest BCUT2D eigenvalue weighted by Crippen LogP contribution is 2.23. The number of benzene rings is 1. The fourth-order valence-corrected chi connectivity index (χ4v) is 1.99. The Hall–Kier alpha value is -1.58. The van der Waals surface area contributed by atoms with Crippen LogP contribution in [0.2, 0.25) is 0 Å². The third kappa shape index (κ3) is 2.81. The van der Waals surface area contributed by atoms with E-state index in [-0.39, 0.29) is 6.10 Å². The van der Waals surface area contributed by atoms with E-state index < -0.39 is 6.67 Å². The summed E-state index contributed by atoms with van der Waals surface area (Å²) in [5.41, 5.74) is 2.27. The monoisotopic (exact) mass is 250 g/mol. The van der Waals surface area contributed by atoms with Crippen LogP contribution in [0, 0.1) is 13.8 Å². The molecule has 18 heavy (non-hydrogen) atoms.